The van der Waals surface area contributed by atoms with E-state index >= 15 is 0 Å². The first kappa shape index (κ1) is 20.0. The summed E-state index contributed by atoms with van der Waals surface area (Å²) in [6, 6.07) is 13.8. The number of carbonyl (C=O) groups excluding carboxylic acids is 2. The van der Waals surface area contributed by atoms with Crippen molar-refractivity contribution in [2.75, 3.05) is 12.3 Å². The highest BCUT2D eigenvalue weighted by molar-refractivity contribution is 9.10. The third-order valence-corrected chi connectivity index (χ3v) is 6.86. The Morgan fingerprint density at radius 2 is 1.71 bits per heavy atom. The van der Waals surface area contributed by atoms with Crippen LogP contribution in [0.3, 0.4) is 0 Å². The van der Waals surface area contributed by atoms with E-state index in [1.54, 1.807) is 43.3 Å². The van der Waals surface area contributed by atoms with Gasteiger partial charge in [-0.05, 0) is 48.9 Å². The number of nitrogens with zero attached hydrogens (tertiary/aromatic N) is 2. The maximum atomic E-state index is 12.9. The van der Waals surface area contributed by atoms with Crippen LogP contribution in [-0.4, -0.2) is 37.6 Å². The molecule has 3 amide bonds. The summed E-state index contributed by atoms with van der Waals surface area (Å²) >= 11 is 3.25. The molecule has 1 aliphatic heterocycles. The van der Waals surface area contributed by atoms with Crippen molar-refractivity contribution in [3.8, 4) is 6.07 Å². The van der Waals surface area contributed by atoms with Crippen molar-refractivity contribution in [1.82, 2.24) is 10.2 Å². The Kier molecular flexibility index (Phi) is 5.28. The first-order valence-electron chi connectivity index (χ1n) is 8.30. The predicted octanol–water partition coefficient (Wildman–Crippen LogP) is 2.56. The van der Waals surface area contributed by atoms with E-state index in [-0.39, 0.29) is 17.2 Å². The molecule has 9 heteroatoms. The molecule has 1 fully saturated rings. The summed E-state index contributed by atoms with van der Waals surface area (Å²) in [6.45, 7) is 1.30. The molecule has 2 aromatic rings. The average molecular weight is 462 g/mol. The monoisotopic (exact) mass is 461 g/mol. The number of nitrogens with one attached hydrogen (secondary N) is 1. The number of rotatable bonds is 5. The Bertz CT molecular complexity index is 1080. The molecule has 0 spiro atoms. The second kappa shape index (κ2) is 7.37. The number of nitriles is 1. The zero-order valence-electron chi connectivity index (χ0n) is 14.8. The Morgan fingerprint density at radius 3 is 2.29 bits per heavy atom. The van der Waals surface area contributed by atoms with Crippen LogP contribution in [0.4, 0.5) is 4.79 Å². The number of sulfone groups is 1. The Morgan fingerprint density at radius 1 is 1.11 bits per heavy atom. The van der Waals surface area contributed by atoms with Crippen molar-refractivity contribution < 1.29 is 18.0 Å². The predicted molar refractivity (Wildman–Crippen MR) is 105 cm³/mol. The van der Waals surface area contributed by atoms with Crippen LogP contribution in [0.1, 0.15) is 18.1 Å². The van der Waals surface area contributed by atoms with E-state index in [1.807, 2.05) is 6.07 Å². The Labute approximate surface area is 171 Å². The van der Waals surface area contributed by atoms with Gasteiger partial charge in [0.25, 0.3) is 5.91 Å². The first-order valence-corrected chi connectivity index (χ1v) is 10.7. The van der Waals surface area contributed by atoms with Crippen LogP contribution < -0.4 is 5.32 Å². The van der Waals surface area contributed by atoms with Crippen LogP contribution >= 0.6 is 15.9 Å². The lowest BCUT2D eigenvalue weighted by molar-refractivity contribution is -0.130. The largest absolute Gasteiger partial charge is 0.325 e. The standard InChI is InChI=1S/C19H16BrN3O4S/c1-19(14-4-2-13(12-21)3-5-14)17(24)23(18(25)22-19)10-11-28(26,27)16-8-6-15(20)7-9-16/h2-9H,10-11H2,1H3,(H,22,25). The topological polar surface area (TPSA) is 107 Å². The Balaban J connectivity index is 1.78. The van der Waals surface area contributed by atoms with Gasteiger partial charge in [0, 0.05) is 11.0 Å². The van der Waals surface area contributed by atoms with Crippen molar-refractivity contribution in [2.24, 2.45) is 0 Å². The van der Waals surface area contributed by atoms with Crippen LogP contribution in [0.5, 0.6) is 0 Å². The molecule has 3 rings (SSSR count). The zero-order chi connectivity index (χ0) is 20.5. The van der Waals surface area contributed by atoms with Gasteiger partial charge in [0.1, 0.15) is 5.54 Å². The smallest absolute Gasteiger partial charge is 0.319 e. The van der Waals surface area contributed by atoms with Gasteiger partial charge >= 0.3 is 6.03 Å². The van der Waals surface area contributed by atoms with Gasteiger partial charge in [-0.15, -0.1) is 0 Å². The van der Waals surface area contributed by atoms with Crippen molar-refractivity contribution >= 4 is 37.7 Å². The van der Waals surface area contributed by atoms with Crippen LogP contribution in [-0.2, 0) is 20.2 Å². The lowest BCUT2D eigenvalue weighted by Gasteiger charge is -2.22. The molecule has 2 aromatic carbocycles. The van der Waals surface area contributed by atoms with E-state index in [0.29, 0.717) is 11.1 Å². The number of amides is 3. The van der Waals surface area contributed by atoms with E-state index in [4.69, 9.17) is 5.26 Å². The van der Waals surface area contributed by atoms with Crippen molar-refractivity contribution in [2.45, 2.75) is 17.4 Å². The minimum atomic E-state index is -3.65. The molecule has 0 radical (unpaired) electrons. The van der Waals surface area contributed by atoms with Gasteiger partial charge in [-0.25, -0.2) is 13.2 Å². The molecule has 1 atom stereocenters. The number of urea groups is 1. The minimum absolute atomic E-state index is 0.123. The molecule has 1 aliphatic rings. The molecule has 0 aromatic heterocycles. The molecule has 0 saturated carbocycles. The van der Waals surface area contributed by atoms with E-state index in [9.17, 15) is 18.0 Å². The lowest BCUT2D eigenvalue weighted by atomic mass is 9.91. The lowest BCUT2D eigenvalue weighted by Crippen LogP contribution is -2.41. The van der Waals surface area contributed by atoms with Crippen LogP contribution in [0.25, 0.3) is 0 Å². The molecule has 1 N–H and O–H groups in total. The van der Waals surface area contributed by atoms with Gasteiger partial charge in [0.2, 0.25) is 0 Å². The number of imide groups is 1. The van der Waals surface area contributed by atoms with Gasteiger partial charge in [0.15, 0.2) is 9.84 Å². The fourth-order valence-corrected chi connectivity index (χ4v) is 4.42. The second-order valence-electron chi connectivity index (χ2n) is 6.47. The summed E-state index contributed by atoms with van der Waals surface area (Å²) in [5.74, 6) is -0.912. The number of hydrogen-bond acceptors (Lipinski definition) is 5. The molecule has 7 nitrogen and oxygen atoms in total. The highest BCUT2D eigenvalue weighted by atomic mass is 79.9. The van der Waals surface area contributed by atoms with Crippen molar-refractivity contribution in [3.05, 3.63) is 64.1 Å². The SMILES string of the molecule is CC1(c2ccc(C#N)cc2)NC(=O)N(CCS(=O)(=O)c2ccc(Br)cc2)C1=O. The summed E-state index contributed by atoms with van der Waals surface area (Å²) in [5, 5.41) is 11.5. The van der Waals surface area contributed by atoms with E-state index in [0.717, 1.165) is 9.37 Å². The summed E-state index contributed by atoms with van der Waals surface area (Å²) in [7, 11) is -3.65. The number of carbonyl (C=O) groups is 2. The highest BCUT2D eigenvalue weighted by Gasteiger charge is 2.49. The van der Waals surface area contributed by atoms with Gasteiger partial charge in [-0.1, -0.05) is 28.1 Å². The summed E-state index contributed by atoms with van der Waals surface area (Å²) in [5.41, 5.74) is -0.364. The quantitative estimate of drug-likeness (QED) is 0.688. The molecule has 1 unspecified atom stereocenters. The molecule has 0 aliphatic carbocycles. The maximum Gasteiger partial charge on any atom is 0.325 e. The summed E-state index contributed by atoms with van der Waals surface area (Å²) in [6.07, 6.45) is 0. The van der Waals surface area contributed by atoms with Gasteiger partial charge < -0.3 is 5.32 Å². The molecule has 0 bridgehead atoms. The van der Waals surface area contributed by atoms with Crippen LogP contribution in [0, 0.1) is 11.3 Å². The molecule has 28 heavy (non-hydrogen) atoms. The van der Waals surface area contributed by atoms with Crippen molar-refractivity contribution in [3.63, 3.8) is 0 Å². The van der Waals surface area contributed by atoms with E-state index in [2.05, 4.69) is 21.2 Å². The maximum absolute atomic E-state index is 12.9. The van der Waals surface area contributed by atoms with Gasteiger partial charge in [-0.2, -0.15) is 5.26 Å². The molecule has 1 heterocycles. The van der Waals surface area contributed by atoms with E-state index in [1.165, 1.54) is 12.1 Å². The summed E-state index contributed by atoms with van der Waals surface area (Å²) in [4.78, 5) is 26.2. The normalized spacial score (nSPS) is 19.4. The fourth-order valence-electron chi connectivity index (χ4n) is 2.95. The summed E-state index contributed by atoms with van der Waals surface area (Å²) < 4.78 is 25.7. The number of benzene rings is 2. The third-order valence-electron chi connectivity index (χ3n) is 4.62. The third kappa shape index (κ3) is 3.66. The minimum Gasteiger partial charge on any atom is -0.319 e. The second-order valence-corrected chi connectivity index (χ2v) is 9.50. The van der Waals surface area contributed by atoms with Crippen molar-refractivity contribution in [1.29, 1.82) is 5.26 Å². The molecule has 144 valence electrons. The Hall–Kier alpha value is -2.70. The van der Waals surface area contributed by atoms with Gasteiger partial charge in [0.05, 0.1) is 22.3 Å². The average Bonchev–Trinajstić information content (AvgIpc) is 2.90. The van der Waals surface area contributed by atoms with E-state index < -0.39 is 27.3 Å². The van der Waals surface area contributed by atoms with Gasteiger partial charge in [-0.3, -0.25) is 9.69 Å². The zero-order valence-corrected chi connectivity index (χ0v) is 17.2. The first-order chi connectivity index (χ1) is 13.2. The highest BCUT2D eigenvalue weighted by Crippen LogP contribution is 2.29. The fraction of sp³-hybridized carbons (Fsp3) is 0.211. The number of hydrogen-bond donors (Lipinski definition) is 1. The molecule has 1 saturated heterocycles. The molecular weight excluding hydrogens is 446 g/mol. The van der Waals surface area contributed by atoms with Crippen LogP contribution in [0.2, 0.25) is 0 Å². The molecular formula is C19H16BrN3O4S. The number of halogens is 1. The van der Waals surface area contributed by atoms with Crippen LogP contribution in [0.15, 0.2) is 57.9 Å².